The van der Waals surface area contributed by atoms with Crippen molar-refractivity contribution in [3.63, 3.8) is 0 Å². The Morgan fingerprint density at radius 1 is 0.885 bits per heavy atom. The summed E-state index contributed by atoms with van der Waals surface area (Å²) in [6, 6.07) is 23.9. The summed E-state index contributed by atoms with van der Waals surface area (Å²) in [5.74, 6) is -0.0300. The zero-order valence-corrected chi connectivity index (χ0v) is 14.5. The van der Waals surface area contributed by atoms with Gasteiger partial charge < -0.3 is 10.6 Å². The minimum Gasteiger partial charge on any atom is -0.399 e. The lowest BCUT2D eigenvalue weighted by Gasteiger charge is -2.19. The van der Waals surface area contributed by atoms with Gasteiger partial charge in [-0.15, -0.1) is 0 Å². The molecule has 4 heteroatoms. The molecule has 0 radical (unpaired) electrons. The molecule has 3 aromatic rings. The third-order valence-corrected chi connectivity index (χ3v) is 4.63. The van der Waals surface area contributed by atoms with Gasteiger partial charge in [-0.1, -0.05) is 48.5 Å². The molecule has 0 saturated heterocycles. The number of benzene rings is 3. The third kappa shape index (κ3) is 2.86. The molecule has 4 nitrogen and oxygen atoms in total. The van der Waals surface area contributed by atoms with Gasteiger partial charge in [-0.05, 0) is 35.4 Å². The summed E-state index contributed by atoms with van der Waals surface area (Å²) in [6.45, 7) is 0.121. The summed E-state index contributed by atoms with van der Waals surface area (Å²) in [6.07, 6.45) is 0. The van der Waals surface area contributed by atoms with Gasteiger partial charge in [0.05, 0.1) is 11.4 Å². The summed E-state index contributed by atoms with van der Waals surface area (Å²) in [4.78, 5) is 18.7. The largest absolute Gasteiger partial charge is 0.399 e. The lowest BCUT2D eigenvalue weighted by Crippen LogP contribution is -2.27. The van der Waals surface area contributed by atoms with Gasteiger partial charge in [0.2, 0.25) is 5.91 Å². The van der Waals surface area contributed by atoms with Crippen LogP contribution in [0.25, 0.3) is 11.1 Å². The minimum atomic E-state index is -0.0300. The Morgan fingerprint density at radius 3 is 2.42 bits per heavy atom. The lowest BCUT2D eigenvalue weighted by atomic mass is 9.95. The minimum absolute atomic E-state index is 0.0300. The van der Waals surface area contributed by atoms with E-state index >= 15 is 0 Å². The molecule has 0 saturated carbocycles. The fourth-order valence-electron chi connectivity index (χ4n) is 3.23. The predicted molar refractivity (Wildman–Crippen MR) is 107 cm³/mol. The second-order valence-corrected chi connectivity index (χ2v) is 6.34. The number of fused-ring (bicyclic) bond motifs is 1. The first-order valence-corrected chi connectivity index (χ1v) is 8.50. The monoisotopic (exact) mass is 341 g/mol. The number of amides is 1. The van der Waals surface area contributed by atoms with E-state index in [2.05, 4.69) is 23.2 Å². The van der Waals surface area contributed by atoms with Crippen molar-refractivity contribution in [2.75, 3.05) is 24.2 Å². The number of anilines is 2. The van der Waals surface area contributed by atoms with Crippen LogP contribution in [0.4, 0.5) is 11.4 Å². The number of nitrogens with two attached hydrogens (primary N) is 1. The van der Waals surface area contributed by atoms with Crippen molar-refractivity contribution in [3.8, 4) is 11.1 Å². The number of likely N-dealkylation sites (N-methyl/N-ethyl adjacent to an activating group) is 1. The average molecular weight is 341 g/mol. The molecule has 0 fully saturated rings. The number of hydrogen-bond donors (Lipinski definition) is 1. The van der Waals surface area contributed by atoms with E-state index in [0.717, 1.165) is 33.7 Å². The smallest absolute Gasteiger partial charge is 0.248 e. The fraction of sp³-hybridized carbons (Fsp3) is 0.0909. The Balaban J connectivity index is 1.92. The van der Waals surface area contributed by atoms with Crippen molar-refractivity contribution in [1.82, 2.24) is 0 Å². The van der Waals surface area contributed by atoms with Gasteiger partial charge in [-0.25, -0.2) is 0 Å². The van der Waals surface area contributed by atoms with E-state index in [4.69, 9.17) is 5.73 Å². The molecular formula is C22H19N3O. The maximum absolute atomic E-state index is 12.4. The normalized spacial score (nSPS) is 13.8. The number of carbonyl (C=O) groups is 1. The van der Waals surface area contributed by atoms with Crippen LogP contribution in [0.15, 0.2) is 77.8 Å². The van der Waals surface area contributed by atoms with Gasteiger partial charge in [0.25, 0.3) is 0 Å². The summed E-state index contributed by atoms with van der Waals surface area (Å²) in [5.41, 5.74) is 12.4. The molecule has 1 aliphatic heterocycles. The van der Waals surface area contributed by atoms with Crippen LogP contribution < -0.4 is 10.6 Å². The average Bonchev–Trinajstić information content (AvgIpc) is 2.79. The molecule has 0 spiro atoms. The topological polar surface area (TPSA) is 58.7 Å². The van der Waals surface area contributed by atoms with Gasteiger partial charge in [0.1, 0.15) is 6.54 Å². The molecule has 1 amide bonds. The molecule has 0 bridgehead atoms. The highest BCUT2D eigenvalue weighted by molar-refractivity contribution is 6.20. The van der Waals surface area contributed by atoms with Crippen LogP contribution >= 0.6 is 0 Å². The Labute approximate surface area is 152 Å². The highest BCUT2D eigenvalue weighted by Crippen LogP contribution is 2.31. The highest BCUT2D eigenvalue weighted by atomic mass is 16.2. The standard InChI is InChI=1S/C22H19N3O/c1-25-20-11-10-16(15-6-3-2-4-7-15)13-19(20)22(24-14-21(25)26)17-8-5-9-18(23)12-17/h2-13H,14,23H2,1H3. The van der Waals surface area contributed by atoms with Crippen molar-refractivity contribution < 1.29 is 4.79 Å². The van der Waals surface area contributed by atoms with E-state index < -0.39 is 0 Å². The number of carbonyl (C=O) groups excluding carboxylic acids is 1. The van der Waals surface area contributed by atoms with Gasteiger partial charge in [0.15, 0.2) is 0 Å². The first-order chi connectivity index (χ1) is 12.6. The summed E-state index contributed by atoms with van der Waals surface area (Å²) < 4.78 is 0. The predicted octanol–water partition coefficient (Wildman–Crippen LogP) is 3.75. The maximum atomic E-state index is 12.4. The molecule has 0 aromatic heterocycles. The Morgan fingerprint density at radius 2 is 1.65 bits per heavy atom. The second-order valence-electron chi connectivity index (χ2n) is 6.34. The molecule has 26 heavy (non-hydrogen) atoms. The molecule has 1 heterocycles. The number of aliphatic imine (C=N–C) groups is 1. The number of hydrogen-bond acceptors (Lipinski definition) is 3. The van der Waals surface area contributed by atoms with Gasteiger partial charge in [-0.2, -0.15) is 0 Å². The zero-order chi connectivity index (χ0) is 18.1. The van der Waals surface area contributed by atoms with E-state index in [-0.39, 0.29) is 12.5 Å². The van der Waals surface area contributed by atoms with E-state index in [1.54, 1.807) is 11.9 Å². The molecule has 0 atom stereocenters. The van der Waals surface area contributed by atoms with Crippen molar-refractivity contribution in [3.05, 3.63) is 83.9 Å². The second kappa shape index (κ2) is 6.48. The van der Waals surface area contributed by atoms with E-state index in [1.165, 1.54) is 0 Å². The zero-order valence-electron chi connectivity index (χ0n) is 14.5. The molecule has 128 valence electrons. The van der Waals surface area contributed by atoms with Crippen LogP contribution in [0.2, 0.25) is 0 Å². The molecule has 1 aliphatic rings. The van der Waals surface area contributed by atoms with Crippen molar-refractivity contribution in [2.45, 2.75) is 0 Å². The molecule has 2 N–H and O–H groups in total. The SMILES string of the molecule is CN1C(=O)CN=C(c2cccc(N)c2)c2cc(-c3ccccc3)ccc21. The number of rotatable bonds is 2. The van der Waals surface area contributed by atoms with Crippen LogP contribution in [-0.4, -0.2) is 25.2 Å². The van der Waals surface area contributed by atoms with Gasteiger partial charge >= 0.3 is 0 Å². The van der Waals surface area contributed by atoms with Crippen LogP contribution in [0.5, 0.6) is 0 Å². The Kier molecular flexibility index (Phi) is 4.01. The van der Waals surface area contributed by atoms with E-state index in [0.29, 0.717) is 5.69 Å². The molecule has 0 aliphatic carbocycles. The Hall–Kier alpha value is -3.40. The number of nitrogen functional groups attached to an aromatic ring is 1. The number of benzodiazepines with no additional fused rings is 1. The molecular weight excluding hydrogens is 322 g/mol. The number of nitrogens with zero attached hydrogens (tertiary/aromatic N) is 2. The summed E-state index contributed by atoms with van der Waals surface area (Å²) >= 11 is 0. The van der Waals surface area contributed by atoms with Crippen LogP contribution in [0.1, 0.15) is 11.1 Å². The van der Waals surface area contributed by atoms with Crippen molar-refractivity contribution in [1.29, 1.82) is 0 Å². The van der Waals surface area contributed by atoms with Crippen molar-refractivity contribution >= 4 is 23.0 Å². The van der Waals surface area contributed by atoms with E-state index in [9.17, 15) is 4.79 Å². The lowest BCUT2D eigenvalue weighted by molar-refractivity contribution is -0.116. The molecule has 3 aromatic carbocycles. The molecule has 0 unspecified atom stereocenters. The van der Waals surface area contributed by atoms with E-state index in [1.807, 2.05) is 54.6 Å². The summed E-state index contributed by atoms with van der Waals surface area (Å²) in [5, 5.41) is 0. The van der Waals surface area contributed by atoms with Gasteiger partial charge in [0, 0.05) is 23.9 Å². The van der Waals surface area contributed by atoms with Crippen LogP contribution in [0.3, 0.4) is 0 Å². The maximum Gasteiger partial charge on any atom is 0.248 e. The van der Waals surface area contributed by atoms with Crippen LogP contribution in [-0.2, 0) is 4.79 Å². The highest BCUT2D eigenvalue weighted by Gasteiger charge is 2.23. The molecule has 4 rings (SSSR count). The summed E-state index contributed by atoms with van der Waals surface area (Å²) in [7, 11) is 1.79. The van der Waals surface area contributed by atoms with Crippen LogP contribution in [0, 0.1) is 0 Å². The third-order valence-electron chi connectivity index (χ3n) is 4.63. The van der Waals surface area contributed by atoms with Gasteiger partial charge in [-0.3, -0.25) is 9.79 Å². The first kappa shape index (κ1) is 16.1. The fourth-order valence-corrected chi connectivity index (χ4v) is 3.23. The first-order valence-electron chi connectivity index (χ1n) is 8.50. The van der Waals surface area contributed by atoms with Crippen molar-refractivity contribution in [2.24, 2.45) is 4.99 Å². The Bertz CT molecular complexity index is 1010. The quantitative estimate of drug-likeness (QED) is 0.722.